The second kappa shape index (κ2) is 11.8. The number of rotatable bonds is 6. The van der Waals surface area contributed by atoms with E-state index in [9.17, 15) is 23.6 Å². The maximum absolute atomic E-state index is 14.3. The Morgan fingerprint density at radius 3 is 2.15 bits per heavy atom. The van der Waals surface area contributed by atoms with Gasteiger partial charge >= 0.3 is 6.03 Å². The van der Waals surface area contributed by atoms with Crippen LogP contribution in [0.1, 0.15) is 52.7 Å². The summed E-state index contributed by atoms with van der Waals surface area (Å²) in [6.07, 6.45) is 0.406. The van der Waals surface area contributed by atoms with Crippen LogP contribution in [0, 0.1) is 5.82 Å². The topological polar surface area (TPSA) is 86.2 Å². The van der Waals surface area contributed by atoms with Crippen LogP contribution in [-0.2, 0) is 17.8 Å². The first-order chi connectivity index (χ1) is 19.3. The van der Waals surface area contributed by atoms with Gasteiger partial charge in [0.1, 0.15) is 5.82 Å². The zero-order valence-electron chi connectivity index (χ0n) is 24.8. The summed E-state index contributed by atoms with van der Waals surface area (Å²) < 4.78 is 14.9. The molecule has 1 aromatic heterocycles. The second-order valence-electron chi connectivity index (χ2n) is 11.2. The summed E-state index contributed by atoms with van der Waals surface area (Å²) in [5.41, 5.74) is 2.59. The highest BCUT2D eigenvalue weighted by molar-refractivity contribution is 6.43. The highest BCUT2D eigenvalue weighted by atomic mass is 19.1. The lowest BCUT2D eigenvalue weighted by Crippen LogP contribution is -2.57. The standard InChI is InChI=1S/C31H38FN5O4/c1-8-25-27(29(39)36-17-19(2)35(16-20(36)3)18-21-9-12-23(32)13-10-21)24-15-22(28(38)30(40)33(4)5)11-14-26(24)37(25)31(41)34(6)7/h9-15,19-20H,8,16-18H2,1-7H3/t19-,20+/m0/s1. The Labute approximate surface area is 240 Å². The molecule has 2 atom stereocenters. The van der Waals surface area contributed by atoms with Gasteiger partial charge in [0.25, 0.3) is 11.8 Å². The fourth-order valence-corrected chi connectivity index (χ4v) is 5.47. The Kier molecular flexibility index (Phi) is 8.63. The molecule has 2 heterocycles. The van der Waals surface area contributed by atoms with Crippen molar-refractivity contribution in [3.8, 4) is 0 Å². The van der Waals surface area contributed by atoms with Crippen molar-refractivity contribution >= 4 is 34.5 Å². The lowest BCUT2D eigenvalue weighted by molar-refractivity contribution is -0.124. The molecule has 0 N–H and O–H groups in total. The number of nitrogens with zero attached hydrogens (tertiary/aromatic N) is 5. The lowest BCUT2D eigenvalue weighted by atomic mass is 10.0. The van der Waals surface area contributed by atoms with Crippen molar-refractivity contribution in [2.75, 3.05) is 41.3 Å². The highest BCUT2D eigenvalue weighted by Gasteiger charge is 2.36. The van der Waals surface area contributed by atoms with Gasteiger partial charge in [-0.2, -0.15) is 0 Å². The minimum absolute atomic E-state index is 0.0249. The first-order valence-electron chi connectivity index (χ1n) is 13.8. The van der Waals surface area contributed by atoms with Gasteiger partial charge in [-0.25, -0.2) is 9.18 Å². The molecule has 3 aromatic rings. The molecule has 0 saturated carbocycles. The molecule has 4 rings (SSSR count). The molecule has 41 heavy (non-hydrogen) atoms. The van der Waals surface area contributed by atoms with E-state index in [0.717, 1.165) is 5.56 Å². The van der Waals surface area contributed by atoms with E-state index in [1.54, 1.807) is 38.4 Å². The molecule has 9 nitrogen and oxygen atoms in total. The van der Waals surface area contributed by atoms with Crippen LogP contribution in [0.5, 0.6) is 0 Å². The van der Waals surface area contributed by atoms with Gasteiger partial charge in [-0.15, -0.1) is 0 Å². The third-order valence-electron chi connectivity index (χ3n) is 7.73. The monoisotopic (exact) mass is 563 g/mol. The Balaban J connectivity index is 1.76. The number of ketones is 1. The number of benzene rings is 2. The summed E-state index contributed by atoms with van der Waals surface area (Å²) in [7, 11) is 6.31. The first kappa shape index (κ1) is 29.9. The van der Waals surface area contributed by atoms with Gasteiger partial charge < -0.3 is 14.7 Å². The summed E-state index contributed by atoms with van der Waals surface area (Å²) in [6.45, 7) is 7.63. The van der Waals surface area contributed by atoms with Crippen LogP contribution in [-0.4, -0.2) is 101 Å². The Hall–Kier alpha value is -4.05. The zero-order valence-corrected chi connectivity index (χ0v) is 24.8. The molecule has 0 aliphatic carbocycles. The third-order valence-corrected chi connectivity index (χ3v) is 7.73. The van der Waals surface area contributed by atoms with Crippen molar-refractivity contribution in [3.63, 3.8) is 0 Å². The van der Waals surface area contributed by atoms with Crippen LogP contribution in [0.15, 0.2) is 42.5 Å². The molecule has 0 bridgehead atoms. The predicted octanol–water partition coefficient (Wildman–Crippen LogP) is 3.88. The maximum atomic E-state index is 14.3. The van der Waals surface area contributed by atoms with Gasteiger partial charge in [-0.3, -0.25) is 23.9 Å². The Bertz CT molecular complexity index is 1490. The molecule has 1 aliphatic rings. The first-order valence-corrected chi connectivity index (χ1v) is 13.8. The normalized spacial score (nSPS) is 17.5. The van der Waals surface area contributed by atoms with Crippen molar-refractivity contribution in [2.24, 2.45) is 0 Å². The molecule has 1 saturated heterocycles. The number of piperazine rings is 1. The molecule has 0 unspecified atom stereocenters. The number of carbonyl (C=O) groups is 4. The third kappa shape index (κ3) is 5.74. The molecule has 10 heteroatoms. The molecular weight excluding hydrogens is 525 g/mol. The number of Topliss-reactive ketones (excluding diaryl/α,β-unsaturated/α-hetero) is 1. The van der Waals surface area contributed by atoms with Crippen molar-refractivity contribution in [3.05, 3.63) is 70.7 Å². The number of halogens is 1. The number of aromatic nitrogens is 1. The largest absolute Gasteiger partial charge is 0.342 e. The van der Waals surface area contributed by atoms with Crippen molar-refractivity contribution < 1.29 is 23.6 Å². The SMILES string of the molecule is CCc1c(C(=O)N2C[C@H](C)N(Cc3ccc(F)cc3)C[C@H]2C)c2cc(C(=O)C(=O)N(C)C)ccc2n1C(=O)N(C)C. The molecule has 3 amide bonds. The van der Waals surface area contributed by atoms with Crippen LogP contribution >= 0.6 is 0 Å². The number of carbonyl (C=O) groups excluding carboxylic acids is 4. The van der Waals surface area contributed by atoms with Gasteiger partial charge in [0.2, 0.25) is 5.78 Å². The Morgan fingerprint density at radius 2 is 1.56 bits per heavy atom. The van der Waals surface area contributed by atoms with Crippen LogP contribution in [0.3, 0.4) is 0 Å². The van der Waals surface area contributed by atoms with Crippen molar-refractivity contribution in [1.29, 1.82) is 0 Å². The number of hydrogen-bond acceptors (Lipinski definition) is 5. The van der Waals surface area contributed by atoms with Gasteiger partial charge in [0, 0.05) is 76.6 Å². The van der Waals surface area contributed by atoms with E-state index >= 15 is 0 Å². The molecule has 218 valence electrons. The van der Waals surface area contributed by atoms with E-state index in [-0.39, 0.29) is 35.4 Å². The van der Waals surface area contributed by atoms with Gasteiger partial charge in [-0.1, -0.05) is 19.1 Å². The molecule has 1 fully saturated rings. The Morgan fingerprint density at radius 1 is 0.902 bits per heavy atom. The number of fused-ring (bicyclic) bond motifs is 1. The summed E-state index contributed by atoms with van der Waals surface area (Å²) >= 11 is 0. The van der Waals surface area contributed by atoms with Crippen LogP contribution in [0.4, 0.5) is 9.18 Å². The quantitative estimate of drug-likeness (QED) is 0.336. The fourth-order valence-electron chi connectivity index (χ4n) is 5.47. The minimum atomic E-state index is -0.684. The van der Waals surface area contributed by atoms with E-state index in [4.69, 9.17) is 0 Å². The molecule has 0 spiro atoms. The van der Waals surface area contributed by atoms with Gasteiger partial charge in [0.15, 0.2) is 0 Å². The van der Waals surface area contributed by atoms with Gasteiger partial charge in [0.05, 0.1) is 11.1 Å². The number of likely N-dealkylation sites (N-methyl/N-ethyl adjacent to an activating group) is 1. The average Bonchev–Trinajstić information content (AvgIpc) is 3.27. The van der Waals surface area contributed by atoms with Crippen LogP contribution in [0.25, 0.3) is 10.9 Å². The molecule has 1 aliphatic heterocycles. The second-order valence-corrected chi connectivity index (χ2v) is 11.2. The predicted molar refractivity (Wildman–Crippen MR) is 156 cm³/mol. The smallest absolute Gasteiger partial charge is 0.328 e. The fraction of sp³-hybridized carbons (Fsp3) is 0.419. The zero-order chi connectivity index (χ0) is 30.2. The van der Waals surface area contributed by atoms with Gasteiger partial charge in [-0.05, 0) is 56.2 Å². The van der Waals surface area contributed by atoms with E-state index in [2.05, 4.69) is 11.8 Å². The van der Waals surface area contributed by atoms with Crippen molar-refractivity contribution in [2.45, 2.75) is 45.8 Å². The number of amides is 3. The molecule has 2 aromatic carbocycles. The van der Waals surface area contributed by atoms with E-state index in [1.165, 1.54) is 46.7 Å². The number of hydrogen-bond donors (Lipinski definition) is 0. The molecule has 0 radical (unpaired) electrons. The minimum Gasteiger partial charge on any atom is -0.342 e. The summed E-state index contributed by atoms with van der Waals surface area (Å²) in [4.78, 5) is 59.8. The van der Waals surface area contributed by atoms with E-state index in [1.807, 2.05) is 18.7 Å². The highest BCUT2D eigenvalue weighted by Crippen LogP contribution is 2.32. The maximum Gasteiger partial charge on any atom is 0.328 e. The van der Waals surface area contributed by atoms with Crippen LogP contribution in [0.2, 0.25) is 0 Å². The van der Waals surface area contributed by atoms with E-state index < -0.39 is 11.7 Å². The summed E-state index contributed by atoms with van der Waals surface area (Å²) in [5, 5.41) is 0.466. The van der Waals surface area contributed by atoms with Crippen molar-refractivity contribution in [1.82, 2.24) is 24.2 Å². The van der Waals surface area contributed by atoms with E-state index in [0.29, 0.717) is 48.2 Å². The lowest BCUT2D eigenvalue weighted by Gasteiger charge is -2.44. The average molecular weight is 564 g/mol. The summed E-state index contributed by atoms with van der Waals surface area (Å²) in [6, 6.07) is 10.7. The summed E-state index contributed by atoms with van der Waals surface area (Å²) in [5.74, 6) is -1.85. The molecular formula is C31H38FN5O4. The van der Waals surface area contributed by atoms with Crippen LogP contribution < -0.4 is 0 Å².